The third-order valence-electron chi connectivity index (χ3n) is 2.51. The van der Waals surface area contributed by atoms with Crippen molar-refractivity contribution in [3.05, 3.63) is 52.6 Å². The second-order valence-corrected chi connectivity index (χ2v) is 4.35. The van der Waals surface area contributed by atoms with Crippen LogP contribution < -0.4 is 5.32 Å². The van der Waals surface area contributed by atoms with E-state index in [0.29, 0.717) is 11.3 Å². The average Bonchev–Trinajstić information content (AvgIpc) is 2.83. The van der Waals surface area contributed by atoms with Crippen LogP contribution in [0.5, 0.6) is 0 Å². The summed E-state index contributed by atoms with van der Waals surface area (Å²) in [7, 11) is 0. The number of anilines is 1. The number of carbonyl (C=O) groups excluding carboxylic acids is 2. The number of halogens is 2. The van der Waals surface area contributed by atoms with Crippen LogP contribution in [0.1, 0.15) is 27.8 Å². The lowest BCUT2D eigenvalue weighted by Crippen LogP contribution is -2.12. The zero-order valence-corrected chi connectivity index (χ0v) is 10.7. The fourth-order valence-electron chi connectivity index (χ4n) is 1.50. The monoisotopic (exact) mass is 280 g/mol. The molecule has 0 fully saturated rings. The molecule has 0 saturated heterocycles. The maximum absolute atomic E-state index is 13.0. The third kappa shape index (κ3) is 3.00. The number of amides is 1. The number of benzene rings is 1. The first-order valence-electron chi connectivity index (χ1n) is 5.43. The summed E-state index contributed by atoms with van der Waals surface area (Å²) in [5, 5.41) is 2.47. The first-order valence-corrected chi connectivity index (χ1v) is 5.81. The number of hydrogen-bond donors (Lipinski definition) is 2. The lowest BCUT2D eigenvalue weighted by molar-refractivity contribution is 0.101. The number of aromatic amines is 1. The number of aromatic nitrogens is 1. The van der Waals surface area contributed by atoms with Crippen LogP contribution in [0.3, 0.4) is 0 Å². The summed E-state index contributed by atoms with van der Waals surface area (Å²) in [4.78, 5) is 25.7. The summed E-state index contributed by atoms with van der Waals surface area (Å²) in [6.07, 6.45) is 1.45. The van der Waals surface area contributed by atoms with Crippen molar-refractivity contribution in [1.82, 2.24) is 4.98 Å². The van der Waals surface area contributed by atoms with Gasteiger partial charge >= 0.3 is 0 Å². The van der Waals surface area contributed by atoms with E-state index < -0.39 is 11.7 Å². The number of rotatable bonds is 3. The van der Waals surface area contributed by atoms with E-state index in [9.17, 15) is 14.0 Å². The molecule has 0 bridgehead atoms. The normalized spacial score (nSPS) is 10.3. The van der Waals surface area contributed by atoms with Crippen LogP contribution in [0.2, 0.25) is 5.02 Å². The summed E-state index contributed by atoms with van der Waals surface area (Å²) in [5.41, 5.74) is 1.03. The number of Topliss-reactive ketones (excluding diaryl/α,β-unsaturated/α-hetero) is 1. The van der Waals surface area contributed by atoms with Crippen molar-refractivity contribution >= 4 is 29.0 Å². The Morgan fingerprint density at radius 2 is 2.05 bits per heavy atom. The molecule has 0 aliphatic rings. The highest BCUT2D eigenvalue weighted by molar-refractivity contribution is 6.31. The Bertz CT molecular complexity index is 652. The minimum Gasteiger partial charge on any atom is -0.356 e. The largest absolute Gasteiger partial charge is 0.356 e. The summed E-state index contributed by atoms with van der Waals surface area (Å²) < 4.78 is 13.0. The first kappa shape index (κ1) is 13.3. The number of H-pyrrole nitrogens is 1. The summed E-state index contributed by atoms with van der Waals surface area (Å²) >= 11 is 5.61. The molecule has 0 radical (unpaired) electrons. The maximum Gasteiger partial charge on any atom is 0.272 e. The van der Waals surface area contributed by atoms with Crippen molar-refractivity contribution in [3.63, 3.8) is 0 Å². The van der Waals surface area contributed by atoms with Gasteiger partial charge in [0, 0.05) is 17.4 Å². The lowest BCUT2D eigenvalue weighted by Gasteiger charge is -2.04. The highest BCUT2D eigenvalue weighted by Crippen LogP contribution is 2.19. The molecule has 1 aromatic heterocycles. The molecule has 0 unspecified atom stereocenters. The molecule has 98 valence electrons. The van der Waals surface area contributed by atoms with Crippen molar-refractivity contribution in [2.24, 2.45) is 0 Å². The zero-order valence-electron chi connectivity index (χ0n) is 9.96. The highest BCUT2D eigenvalue weighted by atomic mass is 35.5. The van der Waals surface area contributed by atoms with Crippen molar-refractivity contribution in [1.29, 1.82) is 0 Å². The van der Waals surface area contributed by atoms with Gasteiger partial charge in [0.05, 0.1) is 5.02 Å². The van der Waals surface area contributed by atoms with Gasteiger partial charge in [0.15, 0.2) is 5.78 Å². The van der Waals surface area contributed by atoms with Gasteiger partial charge in [-0.25, -0.2) is 4.39 Å². The van der Waals surface area contributed by atoms with E-state index in [1.165, 1.54) is 31.3 Å². The van der Waals surface area contributed by atoms with Crippen LogP contribution in [0.4, 0.5) is 10.1 Å². The molecule has 0 spiro atoms. The van der Waals surface area contributed by atoms with E-state index in [2.05, 4.69) is 10.3 Å². The molecule has 2 rings (SSSR count). The van der Waals surface area contributed by atoms with Crippen LogP contribution in [0.25, 0.3) is 0 Å². The van der Waals surface area contributed by atoms with Gasteiger partial charge < -0.3 is 10.3 Å². The van der Waals surface area contributed by atoms with Gasteiger partial charge in [-0.15, -0.1) is 0 Å². The number of nitrogens with one attached hydrogen (secondary N) is 2. The van der Waals surface area contributed by atoms with E-state index >= 15 is 0 Å². The standard InChI is InChI=1S/C13H10ClFN2O2/c1-7(18)8-4-12(16-6-8)13(19)17-9-2-3-11(15)10(14)5-9/h2-6,16H,1H3,(H,17,19). The Hall–Kier alpha value is -2.14. The van der Waals surface area contributed by atoms with Gasteiger partial charge in [-0.1, -0.05) is 11.6 Å². The van der Waals surface area contributed by atoms with Gasteiger partial charge in [0.25, 0.3) is 5.91 Å². The Morgan fingerprint density at radius 1 is 1.32 bits per heavy atom. The summed E-state index contributed by atoms with van der Waals surface area (Å²) in [5.74, 6) is -1.13. The SMILES string of the molecule is CC(=O)c1c[nH]c(C(=O)Nc2ccc(F)c(Cl)c2)c1. The Morgan fingerprint density at radius 3 is 2.63 bits per heavy atom. The fourth-order valence-corrected chi connectivity index (χ4v) is 1.68. The topological polar surface area (TPSA) is 62.0 Å². The molecular formula is C13H10ClFN2O2. The predicted molar refractivity (Wildman–Crippen MR) is 70.2 cm³/mol. The van der Waals surface area contributed by atoms with Crippen molar-refractivity contribution in [2.75, 3.05) is 5.32 Å². The van der Waals surface area contributed by atoms with Crippen molar-refractivity contribution in [3.8, 4) is 0 Å². The van der Waals surface area contributed by atoms with Crippen LogP contribution >= 0.6 is 11.6 Å². The van der Waals surface area contributed by atoms with Gasteiger partial charge in [0.1, 0.15) is 11.5 Å². The molecular weight excluding hydrogens is 271 g/mol. The second-order valence-electron chi connectivity index (χ2n) is 3.94. The van der Waals surface area contributed by atoms with E-state index in [-0.39, 0.29) is 16.5 Å². The Labute approximate surface area is 113 Å². The number of carbonyl (C=O) groups is 2. The van der Waals surface area contributed by atoms with E-state index in [1.807, 2.05) is 0 Å². The Kier molecular flexibility index (Phi) is 3.66. The predicted octanol–water partition coefficient (Wildman–Crippen LogP) is 3.26. The number of ketones is 1. The first-order chi connectivity index (χ1) is 8.97. The molecule has 6 heteroatoms. The van der Waals surface area contributed by atoms with Gasteiger partial charge in [-0.05, 0) is 31.2 Å². The third-order valence-corrected chi connectivity index (χ3v) is 2.80. The van der Waals surface area contributed by atoms with E-state index in [4.69, 9.17) is 11.6 Å². The van der Waals surface area contributed by atoms with Crippen LogP contribution in [0.15, 0.2) is 30.5 Å². The molecule has 0 saturated carbocycles. The van der Waals surface area contributed by atoms with Gasteiger partial charge in [-0.3, -0.25) is 9.59 Å². The van der Waals surface area contributed by atoms with Gasteiger partial charge in [0.2, 0.25) is 0 Å². The molecule has 2 aromatic rings. The molecule has 1 aromatic carbocycles. The highest BCUT2D eigenvalue weighted by Gasteiger charge is 2.11. The van der Waals surface area contributed by atoms with Crippen molar-refractivity contribution < 1.29 is 14.0 Å². The van der Waals surface area contributed by atoms with E-state index in [1.54, 1.807) is 0 Å². The zero-order chi connectivity index (χ0) is 14.0. The molecule has 0 aliphatic carbocycles. The van der Waals surface area contributed by atoms with Crippen LogP contribution in [0, 0.1) is 5.82 Å². The minimum absolute atomic E-state index is 0.0753. The minimum atomic E-state index is -0.557. The summed E-state index contributed by atoms with van der Waals surface area (Å²) in [6.45, 7) is 1.41. The molecule has 1 heterocycles. The quantitative estimate of drug-likeness (QED) is 0.848. The van der Waals surface area contributed by atoms with Crippen LogP contribution in [-0.4, -0.2) is 16.7 Å². The molecule has 1 amide bonds. The molecule has 0 aliphatic heterocycles. The maximum atomic E-state index is 13.0. The molecule has 0 atom stereocenters. The summed E-state index contributed by atoms with van der Waals surface area (Å²) in [6, 6.07) is 5.31. The lowest BCUT2D eigenvalue weighted by atomic mass is 10.2. The second kappa shape index (κ2) is 5.24. The van der Waals surface area contributed by atoms with E-state index in [0.717, 1.165) is 6.07 Å². The molecule has 19 heavy (non-hydrogen) atoms. The van der Waals surface area contributed by atoms with Crippen LogP contribution in [-0.2, 0) is 0 Å². The number of hydrogen-bond acceptors (Lipinski definition) is 2. The molecule has 4 nitrogen and oxygen atoms in total. The molecule has 2 N–H and O–H groups in total. The van der Waals surface area contributed by atoms with Gasteiger partial charge in [-0.2, -0.15) is 0 Å². The van der Waals surface area contributed by atoms with Crippen molar-refractivity contribution in [2.45, 2.75) is 6.92 Å². The smallest absolute Gasteiger partial charge is 0.272 e. The fraction of sp³-hybridized carbons (Fsp3) is 0.0769. The Balaban J connectivity index is 2.15. The average molecular weight is 281 g/mol.